The molecule has 4 aromatic carbocycles. The van der Waals surface area contributed by atoms with Gasteiger partial charge < -0.3 is 21.2 Å². The van der Waals surface area contributed by atoms with Gasteiger partial charge in [0.1, 0.15) is 17.6 Å². The van der Waals surface area contributed by atoms with Gasteiger partial charge in [0.25, 0.3) is 0 Å². The molecule has 0 saturated carbocycles. The SMILES string of the molecule is CC(C)(C)C=O.CC(C)(C)c1nc2c3c(ccc2[nH]1)C(=O)c1ccccc1C3=O.Nc1ccc2c(c1N)C(=O)c1ccccc1C2=O.[2H]CF. The largest absolute Gasteiger partial charge is 0.397 e. The molecule has 49 heavy (non-hydrogen) atoms. The van der Waals surface area contributed by atoms with Crippen molar-refractivity contribution in [3.8, 4) is 0 Å². The number of rotatable bonds is 0. The molecule has 0 radical (unpaired) electrons. The van der Waals surface area contributed by atoms with Crippen LogP contribution in [0, 0.1) is 5.41 Å². The second-order valence-corrected chi connectivity index (χ2v) is 13.6. The maximum Gasteiger partial charge on any atom is 0.196 e. The molecular formula is C39H39FN4O5. The summed E-state index contributed by atoms with van der Waals surface area (Å²) in [6.07, 6.45) is 0.938. The number of carbonyl (C=O) groups is 5. The molecule has 1 heterocycles. The number of nitrogens with one attached hydrogen (secondary N) is 1. The van der Waals surface area contributed by atoms with E-state index in [9.17, 15) is 28.4 Å². The number of ketones is 4. The van der Waals surface area contributed by atoms with E-state index in [1.54, 1.807) is 66.7 Å². The zero-order valence-corrected chi connectivity index (χ0v) is 28.2. The Bertz CT molecular complexity index is 2160. The third-order valence-electron chi connectivity index (χ3n) is 7.77. The highest BCUT2D eigenvalue weighted by Gasteiger charge is 2.33. The Hall–Kier alpha value is -5.77. The number of aldehydes is 1. The third-order valence-corrected chi connectivity index (χ3v) is 7.77. The summed E-state index contributed by atoms with van der Waals surface area (Å²) >= 11 is 0. The van der Waals surface area contributed by atoms with Crippen molar-refractivity contribution >= 4 is 51.8 Å². The lowest BCUT2D eigenvalue weighted by molar-refractivity contribution is -0.113. The van der Waals surface area contributed by atoms with Gasteiger partial charge >= 0.3 is 0 Å². The highest BCUT2D eigenvalue weighted by molar-refractivity contribution is 6.32. The number of nitrogens with two attached hydrogens (primary N) is 2. The molecular weight excluding hydrogens is 623 g/mol. The fraction of sp³-hybridized carbons (Fsp3) is 0.231. The number of alkyl halides is 1. The van der Waals surface area contributed by atoms with E-state index in [1.807, 2.05) is 26.8 Å². The first-order chi connectivity index (χ1) is 23.5. The quantitative estimate of drug-likeness (QED) is 0.114. The summed E-state index contributed by atoms with van der Waals surface area (Å²) in [4.78, 5) is 68.0. The van der Waals surface area contributed by atoms with Crippen LogP contribution in [0.15, 0.2) is 72.8 Å². The second-order valence-electron chi connectivity index (χ2n) is 13.6. The van der Waals surface area contributed by atoms with Crippen LogP contribution >= 0.6 is 0 Å². The van der Waals surface area contributed by atoms with Crippen molar-refractivity contribution in [2.45, 2.75) is 47.0 Å². The highest BCUT2D eigenvalue weighted by atomic mass is 19.1. The molecule has 0 amide bonds. The lowest BCUT2D eigenvalue weighted by Crippen LogP contribution is -2.22. The minimum absolute atomic E-state index is 0.114. The van der Waals surface area contributed by atoms with Crippen molar-refractivity contribution in [1.82, 2.24) is 9.97 Å². The van der Waals surface area contributed by atoms with Crippen molar-refractivity contribution in [3.63, 3.8) is 0 Å². The third kappa shape index (κ3) is 6.94. The summed E-state index contributed by atoms with van der Waals surface area (Å²) < 4.78 is 15.5. The molecule has 2 aliphatic carbocycles. The van der Waals surface area contributed by atoms with Gasteiger partial charge in [-0.25, -0.2) is 4.98 Å². The van der Waals surface area contributed by atoms with E-state index in [1.165, 1.54) is 0 Å². The van der Waals surface area contributed by atoms with Crippen molar-refractivity contribution < 1.29 is 29.7 Å². The zero-order chi connectivity index (χ0) is 37.1. The minimum atomic E-state index is -1.00. The number of aromatic nitrogens is 2. The van der Waals surface area contributed by atoms with Crippen LogP contribution in [-0.4, -0.2) is 46.5 Å². The van der Waals surface area contributed by atoms with E-state index in [4.69, 9.17) is 12.8 Å². The van der Waals surface area contributed by atoms with Crippen LogP contribution in [0.4, 0.5) is 15.8 Å². The Morgan fingerprint density at radius 3 is 1.53 bits per heavy atom. The molecule has 0 atom stereocenters. The highest BCUT2D eigenvalue weighted by Crippen LogP contribution is 2.34. The van der Waals surface area contributed by atoms with Crippen molar-refractivity contribution in [3.05, 3.63) is 123 Å². The second kappa shape index (κ2) is 13.8. The van der Waals surface area contributed by atoms with Crippen LogP contribution in [0.3, 0.4) is 0 Å². The number of hydrogen-bond donors (Lipinski definition) is 3. The van der Waals surface area contributed by atoms with Gasteiger partial charge in [-0.15, -0.1) is 0 Å². The van der Waals surface area contributed by atoms with E-state index in [0.717, 1.165) is 17.6 Å². The first-order valence-electron chi connectivity index (χ1n) is 16.1. The lowest BCUT2D eigenvalue weighted by atomic mass is 9.83. The first kappa shape index (κ1) is 34.6. The minimum Gasteiger partial charge on any atom is -0.397 e. The zero-order valence-electron chi connectivity index (χ0n) is 29.2. The van der Waals surface area contributed by atoms with Crippen molar-refractivity contribution in [1.29, 1.82) is 0 Å². The molecule has 5 aromatic rings. The number of aromatic amines is 1. The summed E-state index contributed by atoms with van der Waals surface area (Å²) in [5, 5.41) is 0. The Labute approximate surface area is 285 Å². The lowest BCUT2D eigenvalue weighted by Gasteiger charge is -2.19. The molecule has 9 nitrogen and oxygen atoms in total. The van der Waals surface area contributed by atoms with E-state index >= 15 is 0 Å². The molecule has 0 unspecified atom stereocenters. The number of H-pyrrole nitrogens is 1. The number of nitrogens with zero attached hydrogens (tertiary/aromatic N) is 1. The van der Waals surface area contributed by atoms with Gasteiger partial charge in [-0.2, -0.15) is 0 Å². The van der Waals surface area contributed by atoms with E-state index < -0.39 is 7.15 Å². The molecule has 0 bridgehead atoms. The molecule has 0 saturated heterocycles. The summed E-state index contributed by atoms with van der Waals surface area (Å²) in [6, 6.07) is 20.3. The molecule has 0 spiro atoms. The number of nitrogen functional groups attached to an aromatic ring is 2. The van der Waals surface area contributed by atoms with Gasteiger partial charge in [-0.3, -0.25) is 23.6 Å². The summed E-state index contributed by atoms with van der Waals surface area (Å²) in [5.41, 5.74) is 16.2. The van der Waals surface area contributed by atoms with E-state index in [-0.39, 0.29) is 45.2 Å². The van der Waals surface area contributed by atoms with Crippen LogP contribution < -0.4 is 11.5 Å². The number of imidazole rings is 1. The van der Waals surface area contributed by atoms with Gasteiger partial charge in [0, 0.05) is 44.2 Å². The average molecular weight is 664 g/mol. The molecule has 0 fully saturated rings. The van der Waals surface area contributed by atoms with Gasteiger partial charge in [0.05, 0.1) is 36.5 Å². The number of fused-ring (bicyclic) bond motifs is 6. The molecule has 252 valence electrons. The maximum atomic E-state index is 12.9. The van der Waals surface area contributed by atoms with Crippen LogP contribution in [-0.2, 0) is 10.2 Å². The fourth-order valence-corrected chi connectivity index (χ4v) is 5.24. The molecule has 7 rings (SSSR count). The predicted octanol–water partition coefficient (Wildman–Crippen LogP) is 7.08. The normalized spacial score (nSPS) is 13.2. The van der Waals surface area contributed by atoms with Crippen LogP contribution in [0.25, 0.3) is 11.0 Å². The topological polar surface area (TPSA) is 166 Å². The average Bonchev–Trinajstić information content (AvgIpc) is 3.53. The molecule has 10 heteroatoms. The standard InChI is InChI=1S/C19H16N2O2.C14H10N2O2.C5H10O.CH3F/c1-19(2,3)18-20-13-9-8-12-14(15(13)21-18)17(23)11-7-5-4-6-10(11)16(12)22;15-10-6-5-9-11(12(10)16)14(18)8-4-2-1-3-7(8)13(9)17;1-5(2,3)4-6;1-2/h4-9H,1-3H3,(H,20,21);1-6H,15-16H2;4H,1-3H3;1H3/i;;;1D. The Morgan fingerprint density at radius 2 is 1.08 bits per heavy atom. The Morgan fingerprint density at radius 1 is 0.673 bits per heavy atom. The van der Waals surface area contributed by atoms with Gasteiger partial charge in [0.15, 0.2) is 23.1 Å². The van der Waals surface area contributed by atoms with Gasteiger partial charge in [0.2, 0.25) is 0 Å². The number of halogens is 1. The summed E-state index contributed by atoms with van der Waals surface area (Å²) in [6.45, 7) is 11.8. The fourth-order valence-electron chi connectivity index (χ4n) is 5.24. The maximum absolute atomic E-state index is 12.9. The molecule has 2 aliphatic rings. The van der Waals surface area contributed by atoms with Crippen molar-refractivity contribution in [2.75, 3.05) is 18.6 Å². The number of hydrogen-bond acceptors (Lipinski definition) is 8. The number of carbonyl (C=O) groups excluding carboxylic acids is 5. The van der Waals surface area contributed by atoms with Crippen LogP contribution in [0.2, 0.25) is 0 Å². The molecule has 5 N–H and O–H groups in total. The first-order valence-corrected chi connectivity index (χ1v) is 15.4. The smallest absolute Gasteiger partial charge is 0.196 e. The predicted molar refractivity (Wildman–Crippen MR) is 189 cm³/mol. The Balaban J connectivity index is 0.000000185. The van der Waals surface area contributed by atoms with Gasteiger partial charge in [-0.1, -0.05) is 90.1 Å². The van der Waals surface area contributed by atoms with Crippen LogP contribution in [0.1, 0.15) is 112 Å². The molecule has 0 aliphatic heterocycles. The molecule has 1 aromatic heterocycles. The summed E-state index contributed by atoms with van der Waals surface area (Å²) in [7, 11) is -1.00. The Kier molecular flexibility index (Phi) is 9.71. The summed E-state index contributed by atoms with van der Waals surface area (Å²) in [5.74, 6) is 0.127. The van der Waals surface area contributed by atoms with Gasteiger partial charge in [-0.05, 0) is 24.3 Å². The number of anilines is 2. The monoisotopic (exact) mass is 663 g/mol. The van der Waals surface area contributed by atoms with E-state index in [0.29, 0.717) is 50.1 Å². The number of benzene rings is 4. The van der Waals surface area contributed by atoms with Crippen molar-refractivity contribution in [2.24, 2.45) is 5.41 Å². The van der Waals surface area contributed by atoms with Crippen LogP contribution in [0.5, 0.6) is 0 Å². The van der Waals surface area contributed by atoms with E-state index in [2.05, 4.69) is 30.7 Å².